The van der Waals surface area contributed by atoms with Gasteiger partial charge in [-0.1, -0.05) is 38.1 Å². The standard InChI is InChI=1S/C20H24N2O/c1-15(2)11-12-22-19-10-5-4-9-18(19)21-20(22)14-23-17-8-6-7-16(3)13-17/h4-10,13,15H,11-12,14H2,1-3H3. The lowest BCUT2D eigenvalue weighted by molar-refractivity contribution is 0.288. The van der Waals surface area contributed by atoms with Gasteiger partial charge in [-0.05, 0) is 49.1 Å². The van der Waals surface area contributed by atoms with Crippen LogP contribution in [-0.4, -0.2) is 9.55 Å². The van der Waals surface area contributed by atoms with E-state index in [0.29, 0.717) is 12.5 Å². The number of hydrogen-bond acceptors (Lipinski definition) is 2. The fourth-order valence-corrected chi connectivity index (χ4v) is 2.73. The molecule has 0 amide bonds. The normalized spacial score (nSPS) is 11.3. The van der Waals surface area contributed by atoms with E-state index in [1.54, 1.807) is 0 Å². The Labute approximate surface area is 137 Å². The first-order chi connectivity index (χ1) is 11.1. The maximum atomic E-state index is 5.97. The molecule has 0 unspecified atom stereocenters. The first-order valence-corrected chi connectivity index (χ1v) is 8.27. The number of rotatable bonds is 6. The van der Waals surface area contributed by atoms with E-state index in [2.05, 4.69) is 55.7 Å². The smallest absolute Gasteiger partial charge is 0.147 e. The Morgan fingerprint density at radius 1 is 1.09 bits per heavy atom. The number of imidazole rings is 1. The summed E-state index contributed by atoms with van der Waals surface area (Å²) in [6.45, 7) is 8.05. The molecule has 0 bridgehead atoms. The monoisotopic (exact) mass is 308 g/mol. The fraction of sp³-hybridized carbons (Fsp3) is 0.350. The molecule has 2 aromatic carbocycles. The number of para-hydroxylation sites is 2. The summed E-state index contributed by atoms with van der Waals surface area (Å²) in [5.74, 6) is 2.56. The van der Waals surface area contributed by atoms with Gasteiger partial charge in [0.05, 0.1) is 11.0 Å². The Morgan fingerprint density at radius 3 is 2.70 bits per heavy atom. The highest BCUT2D eigenvalue weighted by Gasteiger charge is 2.11. The number of nitrogens with zero attached hydrogens (tertiary/aromatic N) is 2. The predicted octanol–water partition coefficient (Wildman–Crippen LogP) is 4.97. The molecule has 0 radical (unpaired) electrons. The molecule has 1 aromatic heterocycles. The Morgan fingerprint density at radius 2 is 1.91 bits per heavy atom. The van der Waals surface area contributed by atoms with Crippen LogP contribution in [0.15, 0.2) is 48.5 Å². The molecule has 0 aliphatic rings. The average Bonchev–Trinajstić information content (AvgIpc) is 2.88. The molecular formula is C20H24N2O. The molecule has 23 heavy (non-hydrogen) atoms. The number of hydrogen-bond donors (Lipinski definition) is 0. The van der Waals surface area contributed by atoms with Crippen LogP contribution in [0.1, 0.15) is 31.7 Å². The summed E-state index contributed by atoms with van der Waals surface area (Å²) in [4.78, 5) is 4.77. The van der Waals surface area contributed by atoms with Gasteiger partial charge in [0.15, 0.2) is 0 Å². The average molecular weight is 308 g/mol. The molecule has 0 fully saturated rings. The lowest BCUT2D eigenvalue weighted by Gasteiger charge is -2.12. The van der Waals surface area contributed by atoms with Crippen molar-refractivity contribution < 1.29 is 4.74 Å². The van der Waals surface area contributed by atoms with Crippen molar-refractivity contribution in [3.05, 3.63) is 59.9 Å². The molecule has 0 atom stereocenters. The second-order valence-corrected chi connectivity index (χ2v) is 6.46. The Hall–Kier alpha value is -2.29. The topological polar surface area (TPSA) is 27.1 Å². The molecule has 3 nitrogen and oxygen atoms in total. The van der Waals surface area contributed by atoms with Crippen LogP contribution in [0.3, 0.4) is 0 Å². The van der Waals surface area contributed by atoms with E-state index in [1.807, 2.05) is 18.2 Å². The Bertz CT molecular complexity index is 789. The zero-order valence-corrected chi connectivity index (χ0v) is 14.1. The molecule has 0 spiro atoms. The first kappa shape index (κ1) is 15.6. The summed E-state index contributed by atoms with van der Waals surface area (Å²) >= 11 is 0. The van der Waals surface area contributed by atoms with Gasteiger partial charge in [0.25, 0.3) is 0 Å². The van der Waals surface area contributed by atoms with Crippen LogP contribution >= 0.6 is 0 Å². The second-order valence-electron chi connectivity index (χ2n) is 6.46. The van der Waals surface area contributed by atoms with Crippen molar-refractivity contribution in [3.63, 3.8) is 0 Å². The molecule has 3 aromatic rings. The zero-order chi connectivity index (χ0) is 16.2. The van der Waals surface area contributed by atoms with Gasteiger partial charge in [-0.3, -0.25) is 0 Å². The highest BCUT2D eigenvalue weighted by molar-refractivity contribution is 5.75. The van der Waals surface area contributed by atoms with E-state index in [0.717, 1.165) is 30.1 Å². The van der Waals surface area contributed by atoms with Crippen molar-refractivity contribution >= 4 is 11.0 Å². The van der Waals surface area contributed by atoms with Crippen LogP contribution in [0.2, 0.25) is 0 Å². The van der Waals surface area contributed by atoms with Crippen LogP contribution in [0.25, 0.3) is 11.0 Å². The largest absolute Gasteiger partial charge is 0.486 e. The molecule has 0 aliphatic heterocycles. The molecule has 0 saturated carbocycles. The van der Waals surface area contributed by atoms with Crippen LogP contribution < -0.4 is 4.74 Å². The van der Waals surface area contributed by atoms with Gasteiger partial charge >= 0.3 is 0 Å². The third-order valence-electron chi connectivity index (χ3n) is 4.02. The van der Waals surface area contributed by atoms with Gasteiger partial charge in [0.1, 0.15) is 18.2 Å². The number of benzene rings is 2. The number of aromatic nitrogens is 2. The lowest BCUT2D eigenvalue weighted by Crippen LogP contribution is -2.09. The minimum atomic E-state index is 0.496. The van der Waals surface area contributed by atoms with Crippen molar-refractivity contribution in [2.45, 2.75) is 40.3 Å². The summed E-state index contributed by atoms with van der Waals surface area (Å²) in [5.41, 5.74) is 3.44. The highest BCUT2D eigenvalue weighted by Crippen LogP contribution is 2.20. The van der Waals surface area contributed by atoms with Crippen molar-refractivity contribution in [2.75, 3.05) is 0 Å². The predicted molar refractivity (Wildman–Crippen MR) is 94.7 cm³/mol. The van der Waals surface area contributed by atoms with Crippen molar-refractivity contribution in [1.82, 2.24) is 9.55 Å². The maximum absolute atomic E-state index is 5.97. The third-order valence-corrected chi connectivity index (χ3v) is 4.02. The van der Waals surface area contributed by atoms with E-state index in [9.17, 15) is 0 Å². The van der Waals surface area contributed by atoms with Crippen LogP contribution in [-0.2, 0) is 13.2 Å². The zero-order valence-electron chi connectivity index (χ0n) is 14.1. The molecule has 3 heteroatoms. The van der Waals surface area contributed by atoms with Crippen LogP contribution in [0, 0.1) is 12.8 Å². The van der Waals surface area contributed by atoms with Crippen molar-refractivity contribution in [2.24, 2.45) is 5.92 Å². The molecule has 0 N–H and O–H groups in total. The van der Waals surface area contributed by atoms with Gasteiger partial charge in [-0.15, -0.1) is 0 Å². The lowest BCUT2D eigenvalue weighted by atomic mass is 10.1. The summed E-state index contributed by atoms with van der Waals surface area (Å²) in [5, 5.41) is 0. The van der Waals surface area contributed by atoms with E-state index in [-0.39, 0.29) is 0 Å². The minimum Gasteiger partial charge on any atom is -0.486 e. The van der Waals surface area contributed by atoms with Gasteiger partial charge < -0.3 is 9.30 Å². The third kappa shape index (κ3) is 3.73. The number of ether oxygens (including phenoxy) is 1. The quantitative estimate of drug-likeness (QED) is 0.643. The summed E-state index contributed by atoms with van der Waals surface area (Å²) in [7, 11) is 0. The molecule has 0 aliphatic carbocycles. The van der Waals surface area contributed by atoms with Gasteiger partial charge in [0.2, 0.25) is 0 Å². The summed E-state index contributed by atoms with van der Waals surface area (Å²) in [6, 6.07) is 16.5. The fourth-order valence-electron chi connectivity index (χ4n) is 2.73. The Kier molecular flexibility index (Phi) is 4.65. The van der Waals surface area contributed by atoms with Gasteiger partial charge in [0, 0.05) is 6.54 Å². The van der Waals surface area contributed by atoms with Crippen molar-refractivity contribution in [1.29, 1.82) is 0 Å². The molecule has 120 valence electrons. The van der Waals surface area contributed by atoms with Crippen molar-refractivity contribution in [3.8, 4) is 5.75 Å². The highest BCUT2D eigenvalue weighted by atomic mass is 16.5. The van der Waals surface area contributed by atoms with Gasteiger partial charge in [-0.25, -0.2) is 4.98 Å². The van der Waals surface area contributed by atoms with E-state index in [1.165, 1.54) is 11.1 Å². The summed E-state index contributed by atoms with van der Waals surface area (Å²) in [6.07, 6.45) is 1.14. The Balaban J connectivity index is 1.85. The van der Waals surface area contributed by atoms with Gasteiger partial charge in [-0.2, -0.15) is 0 Å². The van der Waals surface area contributed by atoms with E-state index >= 15 is 0 Å². The molecular weight excluding hydrogens is 284 g/mol. The molecule has 1 heterocycles. The van der Waals surface area contributed by atoms with E-state index < -0.39 is 0 Å². The maximum Gasteiger partial charge on any atom is 0.147 e. The number of aryl methyl sites for hydroxylation is 2. The van der Waals surface area contributed by atoms with Crippen LogP contribution in [0.4, 0.5) is 0 Å². The molecule has 0 saturated heterocycles. The van der Waals surface area contributed by atoms with E-state index in [4.69, 9.17) is 9.72 Å². The summed E-state index contributed by atoms with van der Waals surface area (Å²) < 4.78 is 8.26. The van der Waals surface area contributed by atoms with Crippen LogP contribution in [0.5, 0.6) is 5.75 Å². The first-order valence-electron chi connectivity index (χ1n) is 8.27. The minimum absolute atomic E-state index is 0.496. The SMILES string of the molecule is Cc1cccc(OCc2nc3ccccc3n2CCC(C)C)c1. The number of fused-ring (bicyclic) bond motifs is 1. The molecule has 3 rings (SSSR count). The second kappa shape index (κ2) is 6.86.